The van der Waals surface area contributed by atoms with Crippen molar-refractivity contribution in [2.24, 2.45) is 11.7 Å². The second-order valence-corrected chi connectivity index (χ2v) is 8.31. The summed E-state index contributed by atoms with van der Waals surface area (Å²) >= 11 is 0. The Bertz CT molecular complexity index is 433. The maximum atomic E-state index is 12.1. The van der Waals surface area contributed by atoms with Crippen LogP contribution in [0.5, 0.6) is 0 Å². The highest BCUT2D eigenvalue weighted by molar-refractivity contribution is 7.85. The Morgan fingerprint density at radius 2 is 1.70 bits per heavy atom. The van der Waals surface area contributed by atoms with Crippen LogP contribution < -0.4 is 5.73 Å². The number of hydrogen-bond acceptors (Lipinski definition) is 2. The molecule has 0 aliphatic heterocycles. The first-order chi connectivity index (χ1) is 9.24. The molecule has 0 aromatic heterocycles. The van der Waals surface area contributed by atoms with Gasteiger partial charge in [-0.15, -0.1) is 0 Å². The number of nitrogens with two attached hydrogens (primary N) is 1. The van der Waals surface area contributed by atoms with E-state index < -0.39 is 10.8 Å². The van der Waals surface area contributed by atoms with Gasteiger partial charge in [0.1, 0.15) is 0 Å². The monoisotopic (exact) mass is 295 g/mol. The molecule has 0 heterocycles. The lowest BCUT2D eigenvalue weighted by Crippen LogP contribution is -2.21. The van der Waals surface area contributed by atoms with Crippen molar-refractivity contribution in [2.45, 2.75) is 52.5 Å². The van der Waals surface area contributed by atoms with E-state index in [1.807, 2.05) is 0 Å². The Balaban J connectivity index is 2.64. The van der Waals surface area contributed by atoms with Crippen LogP contribution in [-0.2, 0) is 16.2 Å². The fourth-order valence-corrected chi connectivity index (χ4v) is 3.63. The van der Waals surface area contributed by atoms with E-state index in [0.29, 0.717) is 11.7 Å². The fraction of sp³-hybridized carbons (Fsp3) is 0.647. The third kappa shape index (κ3) is 5.37. The summed E-state index contributed by atoms with van der Waals surface area (Å²) in [5.74, 6) is 1.81. The molecule has 1 rings (SSSR count). The summed E-state index contributed by atoms with van der Waals surface area (Å²) in [4.78, 5) is 0. The van der Waals surface area contributed by atoms with Gasteiger partial charge in [-0.25, -0.2) is 0 Å². The summed E-state index contributed by atoms with van der Waals surface area (Å²) in [5.41, 5.74) is 8.71. The molecule has 0 saturated carbocycles. The van der Waals surface area contributed by atoms with E-state index >= 15 is 0 Å². The van der Waals surface area contributed by atoms with Gasteiger partial charge in [0.15, 0.2) is 0 Å². The predicted molar refractivity (Wildman–Crippen MR) is 89.4 cm³/mol. The smallest absolute Gasteiger partial charge is 0.0428 e. The van der Waals surface area contributed by atoms with Crippen LogP contribution in [0.3, 0.4) is 0 Å². The highest BCUT2D eigenvalue weighted by atomic mass is 32.2. The van der Waals surface area contributed by atoms with Crippen molar-refractivity contribution >= 4 is 10.8 Å². The van der Waals surface area contributed by atoms with Gasteiger partial charge in [-0.3, -0.25) is 4.21 Å². The Morgan fingerprint density at radius 3 is 2.15 bits per heavy atom. The largest absolute Gasteiger partial charge is 0.323 e. The first-order valence-electron chi connectivity index (χ1n) is 7.45. The standard InChI is InChI=1S/C17H29NOS/c1-6-13(2)11-20(19)12-16(18)14-7-9-15(10-8-14)17(3,4)5/h7-10,13,16H,6,11-12,18H2,1-5H3. The Hall–Kier alpha value is -0.670. The molecule has 2 nitrogen and oxygen atoms in total. The molecule has 0 aliphatic rings. The maximum absolute atomic E-state index is 12.1. The maximum Gasteiger partial charge on any atom is 0.0428 e. The molecular weight excluding hydrogens is 266 g/mol. The quantitative estimate of drug-likeness (QED) is 0.868. The molecule has 3 unspecified atom stereocenters. The summed E-state index contributed by atoms with van der Waals surface area (Å²) in [6.07, 6.45) is 1.07. The van der Waals surface area contributed by atoms with Crippen molar-refractivity contribution in [3.63, 3.8) is 0 Å². The minimum absolute atomic E-state index is 0.131. The zero-order valence-corrected chi connectivity index (χ0v) is 14.3. The molecule has 0 saturated heterocycles. The van der Waals surface area contributed by atoms with Crippen LogP contribution in [0.1, 0.15) is 58.2 Å². The zero-order chi connectivity index (χ0) is 15.3. The summed E-state index contributed by atoms with van der Waals surface area (Å²) in [6, 6.07) is 8.28. The summed E-state index contributed by atoms with van der Waals surface area (Å²) in [5, 5.41) is 0. The number of benzene rings is 1. The highest BCUT2D eigenvalue weighted by Crippen LogP contribution is 2.23. The number of rotatable bonds is 6. The molecule has 1 aromatic carbocycles. The first kappa shape index (κ1) is 17.4. The van der Waals surface area contributed by atoms with Gasteiger partial charge < -0.3 is 5.73 Å². The van der Waals surface area contributed by atoms with Gasteiger partial charge in [-0.1, -0.05) is 65.3 Å². The summed E-state index contributed by atoms with van der Waals surface area (Å²) in [6.45, 7) is 10.9. The Labute approximate surface area is 126 Å². The molecule has 0 aliphatic carbocycles. The van der Waals surface area contributed by atoms with E-state index in [0.717, 1.165) is 17.7 Å². The van der Waals surface area contributed by atoms with E-state index in [4.69, 9.17) is 5.73 Å². The molecule has 0 fully saturated rings. The predicted octanol–water partition coefficient (Wildman–Crippen LogP) is 3.78. The van der Waals surface area contributed by atoms with E-state index in [1.165, 1.54) is 5.56 Å². The molecule has 114 valence electrons. The van der Waals surface area contributed by atoms with Crippen molar-refractivity contribution in [3.8, 4) is 0 Å². The van der Waals surface area contributed by atoms with Crippen molar-refractivity contribution in [2.75, 3.05) is 11.5 Å². The van der Waals surface area contributed by atoms with Crippen LogP contribution >= 0.6 is 0 Å². The lowest BCUT2D eigenvalue weighted by Gasteiger charge is -2.20. The van der Waals surface area contributed by atoms with Gasteiger partial charge in [-0.05, 0) is 22.5 Å². The van der Waals surface area contributed by atoms with Crippen molar-refractivity contribution in [1.29, 1.82) is 0 Å². The molecule has 2 N–H and O–H groups in total. The lowest BCUT2D eigenvalue weighted by atomic mass is 9.86. The average molecular weight is 295 g/mol. The third-order valence-corrected chi connectivity index (χ3v) is 5.41. The van der Waals surface area contributed by atoms with Crippen molar-refractivity contribution in [1.82, 2.24) is 0 Å². The summed E-state index contributed by atoms with van der Waals surface area (Å²) < 4.78 is 12.1. The van der Waals surface area contributed by atoms with Gasteiger partial charge >= 0.3 is 0 Å². The molecule has 1 aromatic rings. The Morgan fingerprint density at radius 1 is 1.15 bits per heavy atom. The fourth-order valence-electron chi connectivity index (χ4n) is 2.03. The molecule has 3 atom stereocenters. The van der Waals surface area contributed by atoms with Gasteiger partial charge in [0.2, 0.25) is 0 Å². The summed E-state index contributed by atoms with van der Waals surface area (Å²) in [7, 11) is -0.828. The molecule has 0 amide bonds. The molecular formula is C17H29NOS. The van der Waals surface area contributed by atoms with Crippen LogP contribution in [0.25, 0.3) is 0 Å². The van der Waals surface area contributed by atoms with E-state index in [-0.39, 0.29) is 11.5 Å². The van der Waals surface area contributed by atoms with Crippen LogP contribution in [0.4, 0.5) is 0 Å². The lowest BCUT2D eigenvalue weighted by molar-refractivity contribution is 0.589. The topological polar surface area (TPSA) is 43.1 Å². The molecule has 0 bridgehead atoms. The van der Waals surface area contributed by atoms with Gasteiger partial charge in [0, 0.05) is 28.3 Å². The minimum atomic E-state index is -0.828. The van der Waals surface area contributed by atoms with Crippen LogP contribution in [0, 0.1) is 5.92 Å². The zero-order valence-electron chi connectivity index (χ0n) is 13.5. The second-order valence-electron chi connectivity index (χ2n) is 6.77. The number of hydrogen-bond donors (Lipinski definition) is 1. The van der Waals surface area contributed by atoms with Crippen LogP contribution in [0.2, 0.25) is 0 Å². The van der Waals surface area contributed by atoms with Crippen LogP contribution in [-0.4, -0.2) is 15.7 Å². The minimum Gasteiger partial charge on any atom is -0.323 e. The van der Waals surface area contributed by atoms with Gasteiger partial charge in [0.05, 0.1) is 0 Å². The van der Waals surface area contributed by atoms with Gasteiger partial charge in [-0.2, -0.15) is 0 Å². The molecule has 3 heteroatoms. The molecule has 0 radical (unpaired) electrons. The van der Waals surface area contributed by atoms with E-state index in [2.05, 4.69) is 58.9 Å². The molecule has 0 spiro atoms. The normalized spacial score (nSPS) is 16.7. The van der Waals surface area contributed by atoms with Crippen LogP contribution in [0.15, 0.2) is 24.3 Å². The highest BCUT2D eigenvalue weighted by Gasteiger charge is 2.16. The average Bonchev–Trinajstić information content (AvgIpc) is 2.37. The van der Waals surface area contributed by atoms with E-state index in [9.17, 15) is 4.21 Å². The third-order valence-electron chi connectivity index (χ3n) is 3.74. The first-order valence-corrected chi connectivity index (χ1v) is 8.93. The van der Waals surface area contributed by atoms with Crippen molar-refractivity contribution < 1.29 is 4.21 Å². The van der Waals surface area contributed by atoms with Gasteiger partial charge in [0.25, 0.3) is 0 Å². The Kier molecular flexibility index (Phi) is 6.41. The van der Waals surface area contributed by atoms with Crippen molar-refractivity contribution in [3.05, 3.63) is 35.4 Å². The second kappa shape index (κ2) is 7.37. The van der Waals surface area contributed by atoms with E-state index in [1.54, 1.807) is 0 Å². The molecule has 20 heavy (non-hydrogen) atoms. The SMILES string of the molecule is CCC(C)CS(=O)CC(N)c1ccc(C(C)(C)C)cc1.